The van der Waals surface area contributed by atoms with Crippen molar-refractivity contribution in [3.63, 3.8) is 0 Å². The summed E-state index contributed by atoms with van der Waals surface area (Å²) in [5.74, 6) is 2.39. The van der Waals surface area contributed by atoms with Crippen LogP contribution in [0.5, 0.6) is 0 Å². The number of hydrogen-bond donors (Lipinski definition) is 2. The van der Waals surface area contributed by atoms with Crippen molar-refractivity contribution >= 4 is 0 Å². The Hall–Kier alpha value is -1.24. The maximum absolute atomic E-state index is 11.6. The molecule has 2 heterocycles. The fourth-order valence-electron chi connectivity index (χ4n) is 9.32. The first-order valence-electron chi connectivity index (χ1n) is 13.9. The summed E-state index contributed by atoms with van der Waals surface area (Å²) in [5, 5.41) is 22.6. The van der Waals surface area contributed by atoms with Crippen LogP contribution in [0.2, 0.25) is 0 Å². The first-order valence-corrected chi connectivity index (χ1v) is 13.9. The Kier molecular flexibility index (Phi) is 5.74. The van der Waals surface area contributed by atoms with Crippen LogP contribution in [-0.4, -0.2) is 39.5 Å². The minimum atomic E-state index is -0.931. The molecule has 1 aromatic rings. The average molecular weight is 470 g/mol. The fraction of sp³-hybridized carbons (Fsp3) is 0.857. The first-order chi connectivity index (χ1) is 16.3. The highest BCUT2D eigenvalue weighted by Crippen LogP contribution is 2.68. The van der Waals surface area contributed by atoms with Crippen molar-refractivity contribution in [3.8, 4) is 0 Å². The maximum Gasteiger partial charge on any atom is 0.157 e. The Morgan fingerprint density at radius 3 is 2.76 bits per heavy atom. The highest BCUT2D eigenvalue weighted by atomic mass is 16.7. The fourth-order valence-corrected chi connectivity index (χ4v) is 9.32. The van der Waals surface area contributed by atoms with Crippen molar-refractivity contribution < 1.29 is 14.6 Å². The van der Waals surface area contributed by atoms with E-state index < -0.39 is 5.60 Å². The van der Waals surface area contributed by atoms with Crippen molar-refractivity contribution in [3.05, 3.63) is 23.5 Å². The van der Waals surface area contributed by atoms with Gasteiger partial charge >= 0.3 is 0 Å². The molecule has 7 unspecified atom stereocenters. The number of aromatic nitrogens is 3. The van der Waals surface area contributed by atoms with Gasteiger partial charge in [0.05, 0.1) is 12.3 Å². The second-order valence-corrected chi connectivity index (χ2v) is 12.7. The lowest BCUT2D eigenvalue weighted by Gasteiger charge is -2.59. The number of aliphatic hydroxyl groups is 1. The predicted molar refractivity (Wildman–Crippen MR) is 130 cm³/mol. The number of hydrogen-bond acceptors (Lipinski definition) is 5. The quantitative estimate of drug-likeness (QED) is 0.569. The Labute approximate surface area is 204 Å². The molecular formula is C28H43N3O3. The number of nitrogens with one attached hydrogen (secondary N) is 1. The Morgan fingerprint density at radius 2 is 2.00 bits per heavy atom. The molecule has 0 radical (unpaired) electrons. The number of fused-ring (bicyclic) bond motifs is 5. The molecule has 1 aliphatic heterocycles. The number of H-pyrrole nitrogens is 1. The van der Waals surface area contributed by atoms with Crippen LogP contribution < -0.4 is 0 Å². The highest BCUT2D eigenvalue weighted by Gasteiger charge is 2.62. The molecule has 0 amide bonds. The van der Waals surface area contributed by atoms with Crippen molar-refractivity contribution in [2.24, 2.45) is 34.5 Å². The SMILES string of the molecule is CC(O)(c1cn[nH]n1)C1CCC2C3CC=C4CC(OC5CCCCO5)CC[C@]4(C)C3CC[C@@]21C. The molecule has 6 nitrogen and oxygen atoms in total. The zero-order valence-corrected chi connectivity index (χ0v) is 21.3. The molecule has 0 bridgehead atoms. The molecule has 6 heteroatoms. The Balaban J connectivity index is 1.20. The smallest absolute Gasteiger partial charge is 0.157 e. The van der Waals surface area contributed by atoms with Gasteiger partial charge in [0.25, 0.3) is 0 Å². The summed E-state index contributed by atoms with van der Waals surface area (Å²) in [6, 6.07) is 0. The molecule has 5 aliphatic rings. The predicted octanol–water partition coefficient (Wildman–Crippen LogP) is 5.50. The third kappa shape index (κ3) is 3.54. The lowest BCUT2D eigenvalue weighted by Crippen LogP contribution is -2.52. The monoisotopic (exact) mass is 469 g/mol. The van der Waals surface area contributed by atoms with Crippen LogP contribution in [-0.2, 0) is 15.1 Å². The van der Waals surface area contributed by atoms with Crippen LogP contribution in [0.15, 0.2) is 17.8 Å². The molecule has 2 N–H and O–H groups in total. The summed E-state index contributed by atoms with van der Waals surface area (Å²) in [5.41, 5.74) is 1.89. The van der Waals surface area contributed by atoms with E-state index in [0.717, 1.165) is 44.1 Å². The summed E-state index contributed by atoms with van der Waals surface area (Å²) < 4.78 is 12.3. The molecule has 3 saturated carbocycles. The van der Waals surface area contributed by atoms with Crippen molar-refractivity contribution in [2.45, 2.75) is 109 Å². The van der Waals surface area contributed by atoms with E-state index in [4.69, 9.17) is 9.47 Å². The zero-order chi connectivity index (χ0) is 23.6. The second kappa shape index (κ2) is 8.41. The summed E-state index contributed by atoms with van der Waals surface area (Å²) in [7, 11) is 0. The molecule has 1 saturated heterocycles. The van der Waals surface area contributed by atoms with Gasteiger partial charge in [0, 0.05) is 6.61 Å². The van der Waals surface area contributed by atoms with E-state index in [1.807, 2.05) is 6.92 Å². The maximum atomic E-state index is 11.6. The van der Waals surface area contributed by atoms with Crippen molar-refractivity contribution in [1.29, 1.82) is 0 Å². The van der Waals surface area contributed by atoms with Gasteiger partial charge in [-0.05, 0) is 112 Å². The minimum Gasteiger partial charge on any atom is -0.383 e. The van der Waals surface area contributed by atoms with Crippen molar-refractivity contribution in [1.82, 2.24) is 15.4 Å². The molecule has 4 aliphatic carbocycles. The zero-order valence-electron chi connectivity index (χ0n) is 21.3. The topological polar surface area (TPSA) is 80.3 Å². The molecule has 0 aromatic carbocycles. The van der Waals surface area contributed by atoms with E-state index in [0.29, 0.717) is 23.1 Å². The van der Waals surface area contributed by atoms with Gasteiger partial charge in [0.2, 0.25) is 0 Å². The van der Waals surface area contributed by atoms with Gasteiger partial charge in [-0.3, -0.25) is 0 Å². The molecule has 34 heavy (non-hydrogen) atoms. The lowest BCUT2D eigenvalue weighted by atomic mass is 9.46. The summed E-state index contributed by atoms with van der Waals surface area (Å²) in [6.07, 6.45) is 17.6. The number of nitrogens with zero attached hydrogens (tertiary/aromatic N) is 2. The average Bonchev–Trinajstić information content (AvgIpc) is 3.49. The Bertz CT molecular complexity index is 908. The summed E-state index contributed by atoms with van der Waals surface area (Å²) in [4.78, 5) is 0. The third-order valence-electron chi connectivity index (χ3n) is 11.2. The normalized spacial score (nSPS) is 46.1. The molecule has 4 fully saturated rings. The van der Waals surface area contributed by atoms with Crippen LogP contribution >= 0.6 is 0 Å². The minimum absolute atomic E-state index is 0.0170. The second-order valence-electron chi connectivity index (χ2n) is 12.7. The van der Waals surface area contributed by atoms with Crippen LogP contribution in [0.25, 0.3) is 0 Å². The standard InChI is InChI=1S/C28H43N3O3/c1-26-13-11-19(34-25-6-4-5-15-33-25)16-18(26)7-8-20-21-9-10-23(27(21,2)14-12-22(20)26)28(3,32)24-17-29-31-30-24/h7,17,19-23,25,32H,4-6,8-16H2,1-3H3,(H,29,30,31)/t19?,20?,21?,22?,23?,25?,26-,27-,28?/m0/s1. The number of aromatic amines is 1. The molecule has 9 atom stereocenters. The number of ether oxygens (including phenoxy) is 2. The van der Waals surface area contributed by atoms with E-state index in [1.54, 1.807) is 11.8 Å². The summed E-state index contributed by atoms with van der Waals surface area (Å²) >= 11 is 0. The van der Waals surface area contributed by atoms with Crippen LogP contribution in [0, 0.1) is 34.5 Å². The van der Waals surface area contributed by atoms with Crippen LogP contribution in [0.3, 0.4) is 0 Å². The van der Waals surface area contributed by atoms with E-state index in [-0.39, 0.29) is 17.6 Å². The van der Waals surface area contributed by atoms with Gasteiger partial charge < -0.3 is 14.6 Å². The molecule has 188 valence electrons. The number of rotatable bonds is 4. The molecule has 0 spiro atoms. The lowest BCUT2D eigenvalue weighted by molar-refractivity contribution is -0.195. The number of allylic oxidation sites excluding steroid dienone is 1. The van der Waals surface area contributed by atoms with Gasteiger partial charge in [0.1, 0.15) is 11.3 Å². The molecule has 1 aromatic heterocycles. The van der Waals surface area contributed by atoms with E-state index in [2.05, 4.69) is 35.3 Å². The third-order valence-corrected chi connectivity index (χ3v) is 11.2. The van der Waals surface area contributed by atoms with Gasteiger partial charge in [-0.1, -0.05) is 25.5 Å². The molecule has 6 rings (SSSR count). The van der Waals surface area contributed by atoms with Crippen molar-refractivity contribution in [2.75, 3.05) is 6.61 Å². The van der Waals surface area contributed by atoms with Gasteiger partial charge in [0.15, 0.2) is 6.29 Å². The van der Waals surface area contributed by atoms with Crippen LogP contribution in [0.4, 0.5) is 0 Å². The van der Waals surface area contributed by atoms with E-state index in [9.17, 15) is 5.11 Å². The first kappa shape index (κ1) is 23.2. The largest absolute Gasteiger partial charge is 0.383 e. The Morgan fingerprint density at radius 1 is 1.12 bits per heavy atom. The van der Waals surface area contributed by atoms with E-state index in [1.165, 1.54) is 44.9 Å². The van der Waals surface area contributed by atoms with E-state index >= 15 is 0 Å². The van der Waals surface area contributed by atoms with Crippen LogP contribution in [0.1, 0.15) is 97.1 Å². The molecular weight excluding hydrogens is 426 g/mol. The van der Waals surface area contributed by atoms with Gasteiger partial charge in [-0.15, -0.1) is 0 Å². The highest BCUT2D eigenvalue weighted by molar-refractivity contribution is 5.26. The summed E-state index contributed by atoms with van der Waals surface area (Å²) in [6.45, 7) is 7.85. The van der Waals surface area contributed by atoms with Gasteiger partial charge in [-0.2, -0.15) is 15.4 Å². The van der Waals surface area contributed by atoms with Gasteiger partial charge in [-0.25, -0.2) is 0 Å².